The molecule has 106 valence electrons. The molecule has 0 radical (unpaired) electrons. The van der Waals surface area contributed by atoms with E-state index in [0.29, 0.717) is 11.4 Å². The second-order valence-electron chi connectivity index (χ2n) is 4.67. The molecule has 0 amide bonds. The van der Waals surface area contributed by atoms with E-state index in [0.717, 1.165) is 21.2 Å². The van der Waals surface area contributed by atoms with Gasteiger partial charge in [-0.05, 0) is 54.3 Å². The summed E-state index contributed by atoms with van der Waals surface area (Å²) in [6.45, 7) is 2.02. The van der Waals surface area contributed by atoms with Crippen LogP contribution in [0.15, 0.2) is 40.9 Å². The lowest BCUT2D eigenvalue weighted by atomic mass is 9.98. The Balaban J connectivity index is 2.28. The average Bonchev–Trinajstić information content (AvgIpc) is 2.43. The van der Waals surface area contributed by atoms with Crippen molar-refractivity contribution < 1.29 is 4.39 Å². The van der Waals surface area contributed by atoms with Crippen molar-refractivity contribution in [1.29, 1.82) is 0 Å². The highest BCUT2D eigenvalue weighted by atomic mass is 79.9. The zero-order chi connectivity index (χ0) is 14.7. The topological polar surface area (TPSA) is 38.0 Å². The fourth-order valence-corrected chi connectivity index (χ4v) is 2.61. The molecular formula is C15H15BrClFN2. The molecule has 0 saturated carbocycles. The Morgan fingerprint density at radius 3 is 2.70 bits per heavy atom. The monoisotopic (exact) mass is 356 g/mol. The molecule has 0 aliphatic carbocycles. The van der Waals surface area contributed by atoms with Crippen LogP contribution in [0.2, 0.25) is 5.02 Å². The van der Waals surface area contributed by atoms with Crippen LogP contribution in [0.1, 0.15) is 22.7 Å². The van der Waals surface area contributed by atoms with Crippen LogP contribution in [0.5, 0.6) is 0 Å². The van der Waals surface area contributed by atoms with Gasteiger partial charge in [-0.3, -0.25) is 11.3 Å². The summed E-state index contributed by atoms with van der Waals surface area (Å²) in [6.07, 6.45) is 0.516. The van der Waals surface area contributed by atoms with Crippen molar-refractivity contribution in [2.75, 3.05) is 0 Å². The Morgan fingerprint density at radius 1 is 1.30 bits per heavy atom. The second kappa shape index (κ2) is 6.68. The van der Waals surface area contributed by atoms with E-state index in [2.05, 4.69) is 21.4 Å². The molecule has 2 aromatic rings. The highest BCUT2D eigenvalue weighted by Gasteiger charge is 2.14. The van der Waals surface area contributed by atoms with Gasteiger partial charge in [-0.15, -0.1) is 0 Å². The minimum Gasteiger partial charge on any atom is -0.271 e. The number of aryl methyl sites for hydroxylation is 1. The highest BCUT2D eigenvalue weighted by molar-refractivity contribution is 9.10. The lowest BCUT2D eigenvalue weighted by molar-refractivity contribution is 0.548. The quantitative estimate of drug-likeness (QED) is 0.632. The van der Waals surface area contributed by atoms with Crippen LogP contribution in [-0.2, 0) is 6.42 Å². The molecule has 2 rings (SSSR count). The largest absolute Gasteiger partial charge is 0.271 e. The summed E-state index contributed by atoms with van der Waals surface area (Å²) in [6, 6.07) is 10.2. The van der Waals surface area contributed by atoms with Gasteiger partial charge in [-0.25, -0.2) is 4.39 Å². The zero-order valence-corrected chi connectivity index (χ0v) is 13.3. The maximum absolute atomic E-state index is 13.3. The standard InChI is InChI=1S/C15H15BrClFN2/c1-9-2-3-10(7-13(9)16)15(20-19)8-11-6-12(18)4-5-14(11)17/h2-7,15,20H,8,19H2,1H3. The van der Waals surface area contributed by atoms with Gasteiger partial charge in [-0.2, -0.15) is 0 Å². The van der Waals surface area contributed by atoms with E-state index in [1.165, 1.54) is 12.1 Å². The zero-order valence-electron chi connectivity index (χ0n) is 11.0. The molecule has 0 aromatic heterocycles. The molecule has 1 unspecified atom stereocenters. The van der Waals surface area contributed by atoms with E-state index in [9.17, 15) is 4.39 Å². The first-order valence-electron chi connectivity index (χ1n) is 6.17. The number of nitrogens with two attached hydrogens (primary N) is 1. The fraction of sp³-hybridized carbons (Fsp3) is 0.200. The first kappa shape index (κ1) is 15.4. The Labute approximate surface area is 131 Å². The van der Waals surface area contributed by atoms with Gasteiger partial charge in [0.15, 0.2) is 0 Å². The SMILES string of the molecule is Cc1ccc(C(Cc2cc(F)ccc2Cl)NN)cc1Br. The van der Waals surface area contributed by atoms with Gasteiger partial charge >= 0.3 is 0 Å². The predicted molar refractivity (Wildman–Crippen MR) is 84.1 cm³/mol. The number of hydrogen-bond acceptors (Lipinski definition) is 2. The molecule has 2 nitrogen and oxygen atoms in total. The molecule has 0 fully saturated rings. The van der Waals surface area contributed by atoms with E-state index in [1.807, 2.05) is 25.1 Å². The van der Waals surface area contributed by atoms with E-state index in [-0.39, 0.29) is 11.9 Å². The molecule has 2 aromatic carbocycles. The number of hydrogen-bond donors (Lipinski definition) is 2. The van der Waals surface area contributed by atoms with E-state index in [1.54, 1.807) is 6.07 Å². The summed E-state index contributed by atoms with van der Waals surface area (Å²) in [7, 11) is 0. The summed E-state index contributed by atoms with van der Waals surface area (Å²) >= 11 is 9.60. The van der Waals surface area contributed by atoms with Crippen LogP contribution in [0.4, 0.5) is 4.39 Å². The van der Waals surface area contributed by atoms with Crippen LogP contribution in [0.3, 0.4) is 0 Å². The van der Waals surface area contributed by atoms with Crippen LogP contribution in [0.25, 0.3) is 0 Å². The van der Waals surface area contributed by atoms with Crippen LogP contribution < -0.4 is 11.3 Å². The third kappa shape index (κ3) is 3.58. The number of halogens is 3. The van der Waals surface area contributed by atoms with Gasteiger partial charge in [0.05, 0.1) is 6.04 Å². The molecule has 0 spiro atoms. The molecule has 20 heavy (non-hydrogen) atoms. The molecule has 0 aliphatic rings. The van der Waals surface area contributed by atoms with Gasteiger partial charge in [-0.1, -0.05) is 39.7 Å². The lowest BCUT2D eigenvalue weighted by Crippen LogP contribution is -2.29. The van der Waals surface area contributed by atoms with E-state index < -0.39 is 0 Å². The Hall–Kier alpha value is -0.940. The molecule has 5 heteroatoms. The first-order valence-corrected chi connectivity index (χ1v) is 7.34. The van der Waals surface area contributed by atoms with Crippen molar-refractivity contribution >= 4 is 27.5 Å². The number of benzene rings is 2. The predicted octanol–water partition coefficient (Wildman–Crippen LogP) is 4.30. The fourth-order valence-electron chi connectivity index (χ4n) is 2.02. The van der Waals surface area contributed by atoms with Crippen molar-refractivity contribution in [3.8, 4) is 0 Å². The molecule has 0 saturated heterocycles. The molecular weight excluding hydrogens is 343 g/mol. The minimum absolute atomic E-state index is 0.133. The molecule has 0 aliphatic heterocycles. The summed E-state index contributed by atoms with van der Waals surface area (Å²) in [5.41, 5.74) is 5.65. The van der Waals surface area contributed by atoms with Gasteiger partial charge < -0.3 is 0 Å². The van der Waals surface area contributed by atoms with Gasteiger partial charge in [0, 0.05) is 9.50 Å². The number of rotatable bonds is 4. The maximum Gasteiger partial charge on any atom is 0.123 e. The molecule has 0 bridgehead atoms. The van der Waals surface area contributed by atoms with Crippen molar-refractivity contribution in [3.05, 3.63) is 68.4 Å². The van der Waals surface area contributed by atoms with E-state index >= 15 is 0 Å². The molecule has 0 heterocycles. The Morgan fingerprint density at radius 2 is 2.05 bits per heavy atom. The minimum atomic E-state index is -0.301. The summed E-state index contributed by atoms with van der Waals surface area (Å²) < 4.78 is 14.3. The highest BCUT2D eigenvalue weighted by Crippen LogP contribution is 2.26. The number of hydrazine groups is 1. The van der Waals surface area contributed by atoms with E-state index in [4.69, 9.17) is 17.4 Å². The average molecular weight is 358 g/mol. The lowest BCUT2D eigenvalue weighted by Gasteiger charge is -2.18. The molecule has 3 N–H and O–H groups in total. The first-order chi connectivity index (χ1) is 9.51. The van der Waals surface area contributed by atoms with Gasteiger partial charge in [0.25, 0.3) is 0 Å². The van der Waals surface area contributed by atoms with Crippen LogP contribution in [-0.4, -0.2) is 0 Å². The van der Waals surface area contributed by atoms with Crippen LogP contribution in [0, 0.1) is 12.7 Å². The van der Waals surface area contributed by atoms with Crippen molar-refractivity contribution in [1.82, 2.24) is 5.43 Å². The van der Waals surface area contributed by atoms with Crippen LogP contribution >= 0.6 is 27.5 Å². The smallest absolute Gasteiger partial charge is 0.123 e. The number of nitrogens with one attached hydrogen (secondary N) is 1. The van der Waals surface area contributed by atoms with Gasteiger partial charge in [0.1, 0.15) is 5.82 Å². The summed E-state index contributed by atoms with van der Waals surface area (Å²) in [4.78, 5) is 0. The van der Waals surface area contributed by atoms with Crippen molar-refractivity contribution in [2.24, 2.45) is 5.84 Å². The Bertz CT molecular complexity index is 619. The Kier molecular flexibility index (Phi) is 5.16. The summed E-state index contributed by atoms with van der Waals surface area (Å²) in [5.74, 6) is 5.33. The third-order valence-corrected chi connectivity index (χ3v) is 4.45. The molecule has 1 atom stereocenters. The van der Waals surface area contributed by atoms with Gasteiger partial charge in [0.2, 0.25) is 0 Å². The maximum atomic E-state index is 13.3. The summed E-state index contributed by atoms with van der Waals surface area (Å²) in [5, 5.41) is 0.540. The third-order valence-electron chi connectivity index (χ3n) is 3.23. The normalized spacial score (nSPS) is 12.4. The van der Waals surface area contributed by atoms with Crippen molar-refractivity contribution in [3.63, 3.8) is 0 Å². The van der Waals surface area contributed by atoms with Crippen molar-refractivity contribution in [2.45, 2.75) is 19.4 Å². The second-order valence-corrected chi connectivity index (χ2v) is 5.93.